The highest BCUT2D eigenvalue weighted by Crippen LogP contribution is 2.27. The lowest BCUT2D eigenvalue weighted by Gasteiger charge is -2.36. The summed E-state index contributed by atoms with van der Waals surface area (Å²) in [5, 5.41) is 3.44. The topological polar surface area (TPSA) is 43.4 Å². The van der Waals surface area contributed by atoms with Gasteiger partial charge in [-0.05, 0) is 25.8 Å². The molecule has 18 heavy (non-hydrogen) atoms. The van der Waals surface area contributed by atoms with Crippen molar-refractivity contribution in [3.05, 3.63) is 18.2 Å². The van der Waals surface area contributed by atoms with Gasteiger partial charge in [0.2, 0.25) is 5.88 Å². The van der Waals surface area contributed by atoms with E-state index in [0.29, 0.717) is 18.4 Å². The maximum atomic E-state index is 6.11. The van der Waals surface area contributed by atoms with E-state index in [2.05, 4.69) is 10.3 Å². The van der Waals surface area contributed by atoms with Gasteiger partial charge in [0.1, 0.15) is 5.82 Å². The van der Waals surface area contributed by atoms with E-state index in [0.717, 1.165) is 31.9 Å². The molecule has 0 radical (unpaired) electrons. The number of anilines is 1. The van der Waals surface area contributed by atoms with Crippen LogP contribution in [0.15, 0.2) is 18.2 Å². The van der Waals surface area contributed by atoms with Crippen LogP contribution in [0.3, 0.4) is 0 Å². The minimum absolute atomic E-state index is 0.113. The molecular weight excluding hydrogens is 252 g/mol. The van der Waals surface area contributed by atoms with Crippen LogP contribution in [-0.2, 0) is 4.74 Å². The van der Waals surface area contributed by atoms with E-state index in [1.807, 2.05) is 25.1 Å². The van der Waals surface area contributed by atoms with Gasteiger partial charge in [0.15, 0.2) is 0 Å². The van der Waals surface area contributed by atoms with Crippen molar-refractivity contribution in [3.63, 3.8) is 0 Å². The number of nitrogens with zero attached hydrogens (tertiary/aromatic N) is 1. The fraction of sp³-hybridized carbons (Fsp3) is 0.615. The second-order valence-corrected chi connectivity index (χ2v) is 4.71. The number of halogens is 1. The molecule has 1 aliphatic heterocycles. The largest absolute Gasteiger partial charge is 0.478 e. The Morgan fingerprint density at radius 3 is 2.89 bits per heavy atom. The van der Waals surface area contributed by atoms with Crippen molar-refractivity contribution in [1.82, 2.24) is 4.98 Å². The predicted molar refractivity (Wildman–Crippen MR) is 72.5 cm³/mol. The Hall–Kier alpha value is -1.00. The molecule has 1 saturated heterocycles. The van der Waals surface area contributed by atoms with Crippen LogP contribution in [0, 0.1) is 0 Å². The lowest BCUT2D eigenvalue weighted by atomic mass is 9.92. The molecule has 100 valence electrons. The predicted octanol–water partition coefficient (Wildman–Crippen LogP) is 2.68. The molecule has 0 aliphatic carbocycles. The lowest BCUT2D eigenvalue weighted by molar-refractivity contribution is 0.0666. The first-order valence-electron chi connectivity index (χ1n) is 6.30. The molecule has 0 spiro atoms. The molecule has 0 unspecified atom stereocenters. The Bertz CT molecular complexity index is 381. The van der Waals surface area contributed by atoms with E-state index >= 15 is 0 Å². The number of rotatable bonds is 5. The average Bonchev–Trinajstić information content (AvgIpc) is 2.41. The van der Waals surface area contributed by atoms with Crippen molar-refractivity contribution >= 4 is 17.4 Å². The van der Waals surface area contributed by atoms with Gasteiger partial charge in [-0.15, -0.1) is 11.6 Å². The van der Waals surface area contributed by atoms with Crippen LogP contribution in [0.1, 0.15) is 19.8 Å². The minimum Gasteiger partial charge on any atom is -0.478 e. The Morgan fingerprint density at radius 1 is 1.44 bits per heavy atom. The van der Waals surface area contributed by atoms with Gasteiger partial charge in [0, 0.05) is 25.2 Å². The summed E-state index contributed by atoms with van der Waals surface area (Å²) in [6.45, 7) is 4.04. The van der Waals surface area contributed by atoms with Crippen molar-refractivity contribution in [2.75, 3.05) is 31.0 Å². The normalized spacial score (nSPS) is 18.3. The smallest absolute Gasteiger partial charge is 0.215 e. The Morgan fingerprint density at radius 2 is 2.22 bits per heavy atom. The van der Waals surface area contributed by atoms with E-state index in [-0.39, 0.29) is 5.54 Å². The SMILES string of the molecule is CCOc1cccc(NC2(CCl)CCOCC2)n1. The molecule has 0 aromatic carbocycles. The monoisotopic (exact) mass is 270 g/mol. The number of pyridine rings is 1. The number of hydrogen-bond acceptors (Lipinski definition) is 4. The molecule has 0 bridgehead atoms. The molecule has 1 aliphatic rings. The molecule has 1 aromatic heterocycles. The van der Waals surface area contributed by atoms with E-state index in [9.17, 15) is 0 Å². The first-order chi connectivity index (χ1) is 8.78. The van der Waals surface area contributed by atoms with Crippen LogP contribution in [0.25, 0.3) is 0 Å². The average molecular weight is 271 g/mol. The first-order valence-corrected chi connectivity index (χ1v) is 6.83. The molecular formula is C13H19ClN2O2. The fourth-order valence-electron chi connectivity index (χ4n) is 2.04. The minimum atomic E-state index is -0.113. The van der Waals surface area contributed by atoms with Crippen LogP contribution in [-0.4, -0.2) is 36.2 Å². The Kier molecular flexibility index (Phi) is 4.66. The molecule has 1 fully saturated rings. The molecule has 5 heteroatoms. The molecule has 4 nitrogen and oxygen atoms in total. The lowest BCUT2D eigenvalue weighted by Crippen LogP contribution is -2.45. The summed E-state index contributed by atoms with van der Waals surface area (Å²) in [4.78, 5) is 4.42. The zero-order valence-corrected chi connectivity index (χ0v) is 11.4. The van der Waals surface area contributed by atoms with Crippen LogP contribution < -0.4 is 10.1 Å². The summed E-state index contributed by atoms with van der Waals surface area (Å²) in [7, 11) is 0. The number of alkyl halides is 1. The maximum absolute atomic E-state index is 6.11. The van der Waals surface area contributed by atoms with E-state index < -0.39 is 0 Å². The third-order valence-corrected chi connectivity index (χ3v) is 3.63. The summed E-state index contributed by atoms with van der Waals surface area (Å²) >= 11 is 6.11. The van der Waals surface area contributed by atoms with Gasteiger partial charge >= 0.3 is 0 Å². The summed E-state index contributed by atoms with van der Waals surface area (Å²) in [5.41, 5.74) is -0.113. The molecule has 0 atom stereocenters. The highest BCUT2D eigenvalue weighted by molar-refractivity contribution is 6.18. The van der Waals surface area contributed by atoms with Crippen LogP contribution in [0.2, 0.25) is 0 Å². The number of nitrogens with one attached hydrogen (secondary N) is 1. The highest BCUT2D eigenvalue weighted by atomic mass is 35.5. The molecule has 1 aromatic rings. The van der Waals surface area contributed by atoms with Crippen molar-refractivity contribution in [2.24, 2.45) is 0 Å². The second kappa shape index (κ2) is 6.25. The molecule has 2 rings (SSSR count). The molecule has 1 N–H and O–H groups in total. The van der Waals surface area contributed by atoms with Gasteiger partial charge in [0.05, 0.1) is 12.1 Å². The van der Waals surface area contributed by atoms with Crippen LogP contribution >= 0.6 is 11.6 Å². The Balaban J connectivity index is 2.08. The zero-order chi connectivity index (χ0) is 12.8. The number of hydrogen-bond donors (Lipinski definition) is 1. The van der Waals surface area contributed by atoms with Crippen molar-refractivity contribution < 1.29 is 9.47 Å². The quantitative estimate of drug-likeness (QED) is 0.836. The first kappa shape index (κ1) is 13.4. The van der Waals surface area contributed by atoms with Crippen LogP contribution in [0.5, 0.6) is 5.88 Å². The summed E-state index contributed by atoms with van der Waals surface area (Å²) < 4.78 is 10.8. The number of ether oxygens (including phenoxy) is 2. The Labute approximate surface area is 113 Å². The fourth-order valence-corrected chi connectivity index (χ4v) is 2.37. The second-order valence-electron chi connectivity index (χ2n) is 4.45. The summed E-state index contributed by atoms with van der Waals surface area (Å²) in [6.07, 6.45) is 1.80. The van der Waals surface area contributed by atoms with Crippen molar-refractivity contribution in [2.45, 2.75) is 25.3 Å². The molecule has 2 heterocycles. The van der Waals surface area contributed by atoms with Crippen LogP contribution in [0.4, 0.5) is 5.82 Å². The van der Waals surface area contributed by atoms with Gasteiger partial charge in [-0.2, -0.15) is 4.98 Å². The van der Waals surface area contributed by atoms with E-state index in [4.69, 9.17) is 21.1 Å². The standard InChI is InChI=1S/C13H19ClN2O2/c1-2-18-12-5-3-4-11(15-12)16-13(10-14)6-8-17-9-7-13/h3-5H,2,6-10H2,1H3,(H,15,16). The molecule has 0 saturated carbocycles. The van der Waals surface area contributed by atoms with E-state index in [1.54, 1.807) is 0 Å². The highest BCUT2D eigenvalue weighted by Gasteiger charge is 2.31. The van der Waals surface area contributed by atoms with Gasteiger partial charge in [-0.3, -0.25) is 0 Å². The maximum Gasteiger partial charge on any atom is 0.215 e. The van der Waals surface area contributed by atoms with Crippen molar-refractivity contribution in [1.29, 1.82) is 0 Å². The third-order valence-electron chi connectivity index (χ3n) is 3.11. The van der Waals surface area contributed by atoms with Gasteiger partial charge < -0.3 is 14.8 Å². The third kappa shape index (κ3) is 3.27. The van der Waals surface area contributed by atoms with Gasteiger partial charge in [-0.25, -0.2) is 0 Å². The summed E-state index contributed by atoms with van der Waals surface area (Å²) in [5.74, 6) is 2.00. The molecule has 0 amide bonds. The summed E-state index contributed by atoms with van der Waals surface area (Å²) in [6, 6.07) is 5.72. The zero-order valence-electron chi connectivity index (χ0n) is 10.6. The van der Waals surface area contributed by atoms with Crippen molar-refractivity contribution in [3.8, 4) is 5.88 Å². The van der Waals surface area contributed by atoms with Gasteiger partial charge in [-0.1, -0.05) is 6.07 Å². The van der Waals surface area contributed by atoms with Gasteiger partial charge in [0.25, 0.3) is 0 Å². The number of aromatic nitrogens is 1. The van der Waals surface area contributed by atoms with E-state index in [1.165, 1.54) is 0 Å².